The van der Waals surface area contributed by atoms with Crippen molar-refractivity contribution in [2.75, 3.05) is 75.5 Å². The van der Waals surface area contributed by atoms with Crippen molar-refractivity contribution in [2.45, 2.75) is 57.2 Å². The second-order valence-corrected chi connectivity index (χ2v) is 12.0. The summed E-state index contributed by atoms with van der Waals surface area (Å²) < 4.78 is 12.0. The van der Waals surface area contributed by atoms with Crippen molar-refractivity contribution in [2.24, 2.45) is 0 Å². The molecule has 0 bridgehead atoms. The summed E-state index contributed by atoms with van der Waals surface area (Å²) >= 11 is 0. The smallest absolute Gasteiger partial charge is 0.151 e. The van der Waals surface area contributed by atoms with Gasteiger partial charge in [-0.2, -0.15) is 0 Å². The predicted octanol–water partition coefficient (Wildman–Crippen LogP) is 3.40. The number of piperidine rings is 1. The van der Waals surface area contributed by atoms with E-state index in [9.17, 15) is 0 Å². The molecule has 10 nitrogen and oxygen atoms in total. The third-order valence-electron chi connectivity index (χ3n) is 9.45. The third kappa shape index (κ3) is 5.17. The SMILES string of the molecule is CCc1nc2c(N)ncc(-c3ccc4c(c3)OCC3CC(N5CCN(C)CC5)CCN43)c2nc1NC1CCOCC1. The van der Waals surface area contributed by atoms with Crippen molar-refractivity contribution in [3.63, 3.8) is 0 Å². The summed E-state index contributed by atoms with van der Waals surface area (Å²) in [5.41, 5.74) is 11.8. The first-order valence-electron chi connectivity index (χ1n) is 15.3. The van der Waals surface area contributed by atoms with Crippen molar-refractivity contribution in [3.05, 3.63) is 30.1 Å². The number of hydrogen-bond donors (Lipinski definition) is 2. The molecule has 10 heteroatoms. The molecule has 3 saturated heterocycles. The Morgan fingerprint density at radius 1 is 1.00 bits per heavy atom. The molecule has 2 unspecified atom stereocenters. The fraction of sp³-hybridized carbons (Fsp3) is 0.581. The fourth-order valence-electron chi connectivity index (χ4n) is 6.95. The molecule has 0 saturated carbocycles. The van der Waals surface area contributed by atoms with Gasteiger partial charge in [0.2, 0.25) is 0 Å². The Bertz CT molecular complexity index is 1400. The fourth-order valence-corrected chi connectivity index (χ4v) is 6.95. The number of pyridine rings is 1. The van der Waals surface area contributed by atoms with Crippen LogP contribution >= 0.6 is 0 Å². The predicted molar refractivity (Wildman–Crippen MR) is 163 cm³/mol. The standard InChI is InChI=1S/C31H42N8O2/c1-3-25-31(34-21-7-14-40-15-8-21)36-28-24(18-33-30(32)29(28)35-25)20-4-5-26-27(16-20)41-19-23-17-22(6-9-39(23)26)38-12-10-37(2)11-13-38/h4-5,16,18,21-23H,3,6-15,17,19H2,1-2H3,(H2,32,33)(H,34,36). The number of fused-ring (bicyclic) bond motifs is 4. The average Bonchev–Trinajstić information content (AvgIpc) is 3.01. The number of nitrogens with zero attached hydrogens (tertiary/aromatic N) is 6. The van der Waals surface area contributed by atoms with E-state index >= 15 is 0 Å². The number of rotatable bonds is 5. The van der Waals surface area contributed by atoms with E-state index in [-0.39, 0.29) is 0 Å². The zero-order valence-corrected chi connectivity index (χ0v) is 24.3. The molecular weight excluding hydrogens is 516 g/mol. The van der Waals surface area contributed by atoms with E-state index in [4.69, 9.17) is 25.2 Å². The summed E-state index contributed by atoms with van der Waals surface area (Å²) in [6.45, 7) is 10.1. The molecule has 41 heavy (non-hydrogen) atoms. The van der Waals surface area contributed by atoms with Gasteiger partial charge in [-0.3, -0.25) is 4.90 Å². The molecule has 6 heterocycles. The Morgan fingerprint density at radius 2 is 1.83 bits per heavy atom. The Morgan fingerprint density at radius 3 is 2.63 bits per heavy atom. The van der Waals surface area contributed by atoms with E-state index in [1.54, 1.807) is 0 Å². The minimum atomic E-state index is 0.328. The first-order valence-corrected chi connectivity index (χ1v) is 15.3. The average molecular weight is 559 g/mol. The van der Waals surface area contributed by atoms with Gasteiger partial charge in [0.05, 0.1) is 17.4 Å². The Labute approximate surface area is 242 Å². The van der Waals surface area contributed by atoms with Gasteiger partial charge in [-0.05, 0) is 56.8 Å². The Hall–Kier alpha value is -3.21. The largest absolute Gasteiger partial charge is 0.489 e. The van der Waals surface area contributed by atoms with Gasteiger partial charge in [0, 0.05) is 69.8 Å². The molecule has 3 aromatic rings. The molecule has 0 spiro atoms. The molecule has 7 rings (SSSR count). The van der Waals surface area contributed by atoms with Crippen LogP contribution in [0.3, 0.4) is 0 Å². The molecule has 3 N–H and O–H groups in total. The van der Waals surface area contributed by atoms with Crippen molar-refractivity contribution in [3.8, 4) is 16.9 Å². The number of likely N-dealkylation sites (N-methyl/N-ethyl adjacent to an activating group) is 1. The van der Waals surface area contributed by atoms with Crippen LogP contribution in [-0.2, 0) is 11.2 Å². The van der Waals surface area contributed by atoms with Gasteiger partial charge in [0.15, 0.2) is 5.82 Å². The van der Waals surface area contributed by atoms with Crippen molar-refractivity contribution in [1.82, 2.24) is 24.8 Å². The third-order valence-corrected chi connectivity index (χ3v) is 9.45. The van der Waals surface area contributed by atoms with Crippen LogP contribution < -0.4 is 20.7 Å². The van der Waals surface area contributed by atoms with Gasteiger partial charge in [-0.1, -0.05) is 13.0 Å². The number of nitrogen functional groups attached to an aromatic ring is 1. The molecule has 4 aliphatic rings. The highest BCUT2D eigenvalue weighted by molar-refractivity contribution is 5.97. The molecule has 0 aliphatic carbocycles. The number of hydrogen-bond acceptors (Lipinski definition) is 10. The first-order chi connectivity index (χ1) is 20.1. The highest BCUT2D eigenvalue weighted by Gasteiger charge is 2.36. The molecule has 4 aliphatic heterocycles. The maximum absolute atomic E-state index is 6.43. The normalized spacial score (nSPS) is 24.1. The molecule has 1 aromatic carbocycles. The quantitative estimate of drug-likeness (QED) is 0.484. The number of anilines is 3. The second-order valence-electron chi connectivity index (χ2n) is 12.0. The minimum absolute atomic E-state index is 0.328. The lowest BCUT2D eigenvalue weighted by molar-refractivity contribution is 0.0822. The van der Waals surface area contributed by atoms with Gasteiger partial charge >= 0.3 is 0 Å². The second kappa shape index (κ2) is 11.2. The lowest BCUT2D eigenvalue weighted by Crippen LogP contribution is -2.57. The maximum Gasteiger partial charge on any atom is 0.151 e. The van der Waals surface area contributed by atoms with Gasteiger partial charge in [-0.15, -0.1) is 0 Å². The van der Waals surface area contributed by atoms with Crippen molar-refractivity contribution in [1.29, 1.82) is 0 Å². The number of nitrogens with two attached hydrogens (primary N) is 1. The highest BCUT2D eigenvalue weighted by atomic mass is 16.5. The van der Waals surface area contributed by atoms with E-state index in [1.165, 1.54) is 38.3 Å². The van der Waals surface area contributed by atoms with Crippen LogP contribution in [-0.4, -0.2) is 102 Å². The summed E-state index contributed by atoms with van der Waals surface area (Å²) in [6.07, 6.45) is 6.87. The van der Waals surface area contributed by atoms with Crippen LogP contribution in [0.25, 0.3) is 22.2 Å². The number of benzene rings is 1. The Kier molecular flexibility index (Phi) is 7.30. The number of aromatic nitrogens is 3. The number of ether oxygens (including phenoxy) is 2. The molecule has 2 atom stereocenters. The lowest BCUT2D eigenvalue weighted by Gasteiger charge is -2.48. The minimum Gasteiger partial charge on any atom is -0.489 e. The van der Waals surface area contributed by atoms with E-state index < -0.39 is 0 Å². The van der Waals surface area contributed by atoms with E-state index in [0.29, 0.717) is 29.5 Å². The molecule has 0 radical (unpaired) electrons. The van der Waals surface area contributed by atoms with Crippen LogP contribution in [0.4, 0.5) is 17.3 Å². The van der Waals surface area contributed by atoms with Crippen molar-refractivity contribution < 1.29 is 9.47 Å². The summed E-state index contributed by atoms with van der Waals surface area (Å²) in [5, 5.41) is 3.65. The maximum atomic E-state index is 6.43. The number of piperazine rings is 1. The Balaban J connectivity index is 1.16. The summed E-state index contributed by atoms with van der Waals surface area (Å²) in [4.78, 5) is 22.3. The van der Waals surface area contributed by atoms with Crippen LogP contribution in [0.1, 0.15) is 38.3 Å². The van der Waals surface area contributed by atoms with Gasteiger partial charge in [-0.25, -0.2) is 15.0 Å². The molecule has 218 valence electrons. The molecule has 2 aromatic heterocycles. The summed E-state index contributed by atoms with van der Waals surface area (Å²) in [5.74, 6) is 2.17. The zero-order valence-electron chi connectivity index (χ0n) is 24.3. The lowest BCUT2D eigenvalue weighted by atomic mass is 9.93. The molecular formula is C31H42N8O2. The van der Waals surface area contributed by atoms with Crippen LogP contribution in [0.15, 0.2) is 24.4 Å². The van der Waals surface area contributed by atoms with E-state index in [1.807, 2.05) is 6.20 Å². The summed E-state index contributed by atoms with van der Waals surface area (Å²) in [6, 6.07) is 7.93. The van der Waals surface area contributed by atoms with E-state index in [0.717, 1.165) is 86.0 Å². The van der Waals surface area contributed by atoms with Crippen molar-refractivity contribution >= 4 is 28.4 Å². The number of aryl methyl sites for hydroxylation is 1. The monoisotopic (exact) mass is 558 g/mol. The molecule has 0 amide bonds. The van der Waals surface area contributed by atoms with Gasteiger partial charge < -0.3 is 30.3 Å². The molecule has 3 fully saturated rings. The van der Waals surface area contributed by atoms with Crippen LogP contribution in [0.2, 0.25) is 0 Å². The summed E-state index contributed by atoms with van der Waals surface area (Å²) in [7, 11) is 2.22. The number of nitrogens with one attached hydrogen (secondary N) is 1. The van der Waals surface area contributed by atoms with Crippen LogP contribution in [0.5, 0.6) is 5.75 Å². The topological polar surface area (TPSA) is 105 Å². The first kappa shape index (κ1) is 26.7. The zero-order chi connectivity index (χ0) is 27.9. The van der Waals surface area contributed by atoms with E-state index in [2.05, 4.69) is 57.2 Å². The van der Waals surface area contributed by atoms with Crippen LogP contribution in [0, 0.1) is 0 Å². The van der Waals surface area contributed by atoms with Gasteiger partial charge in [0.25, 0.3) is 0 Å². The van der Waals surface area contributed by atoms with Gasteiger partial charge in [0.1, 0.15) is 29.2 Å². The highest BCUT2D eigenvalue weighted by Crippen LogP contribution is 2.41.